The molecule has 1 aliphatic heterocycles. The molecule has 0 saturated carbocycles. The minimum atomic E-state index is -0.361. The minimum absolute atomic E-state index is 0. The molecule has 0 aliphatic carbocycles. The van der Waals surface area contributed by atoms with Crippen LogP contribution in [0.1, 0.15) is 36.0 Å². The molecule has 1 aromatic carbocycles. The molecule has 0 atom stereocenters. The number of benzene rings is 1. The van der Waals surface area contributed by atoms with Crippen molar-refractivity contribution in [2.75, 3.05) is 13.1 Å². The lowest BCUT2D eigenvalue weighted by Crippen LogP contribution is -2.27. The van der Waals surface area contributed by atoms with E-state index in [1.807, 2.05) is 42.6 Å². The zero-order chi connectivity index (χ0) is 19.3. The largest absolute Gasteiger partial charge is 0.317 e. The third-order valence-corrected chi connectivity index (χ3v) is 5.43. The first kappa shape index (κ1) is 19.7. The molecule has 29 heavy (non-hydrogen) atoms. The molecular weight excluding hydrogens is 391 g/mol. The van der Waals surface area contributed by atoms with Gasteiger partial charge in [0.05, 0.1) is 11.2 Å². The molecule has 4 aromatic rings. The Labute approximate surface area is 174 Å². The standard InChI is InChI=1S/C21H21FN6.ClH/c1-12-7-17-9-15(8-13(2)28(17)27-12)16-10-18(22)20-19(11-16)25-26-21(24-20)14-3-5-23-6-4-14;/h7-11,14,23H,3-6H2,1-2H3;1H. The van der Waals surface area contributed by atoms with Crippen molar-refractivity contribution in [3.8, 4) is 11.1 Å². The Morgan fingerprint density at radius 1 is 1.00 bits per heavy atom. The molecule has 0 unspecified atom stereocenters. The van der Waals surface area contributed by atoms with Crippen molar-refractivity contribution in [3.63, 3.8) is 0 Å². The highest BCUT2D eigenvalue weighted by Gasteiger charge is 2.20. The lowest BCUT2D eigenvalue weighted by molar-refractivity contribution is 0.442. The molecule has 8 heteroatoms. The fourth-order valence-electron chi connectivity index (χ4n) is 3.99. The number of hydrogen-bond donors (Lipinski definition) is 1. The summed E-state index contributed by atoms with van der Waals surface area (Å²) in [6.45, 7) is 5.82. The lowest BCUT2D eigenvalue weighted by atomic mass is 9.97. The summed E-state index contributed by atoms with van der Waals surface area (Å²) in [5.41, 5.74) is 5.39. The van der Waals surface area contributed by atoms with E-state index in [4.69, 9.17) is 0 Å². The number of nitrogens with one attached hydrogen (secondary N) is 1. The van der Waals surface area contributed by atoms with Crippen LogP contribution in [0.2, 0.25) is 0 Å². The lowest BCUT2D eigenvalue weighted by Gasteiger charge is -2.20. The zero-order valence-electron chi connectivity index (χ0n) is 16.3. The van der Waals surface area contributed by atoms with E-state index in [0.717, 1.165) is 54.0 Å². The van der Waals surface area contributed by atoms with Gasteiger partial charge in [-0.15, -0.1) is 22.6 Å². The minimum Gasteiger partial charge on any atom is -0.317 e. The second-order valence-corrected chi connectivity index (χ2v) is 7.53. The zero-order valence-corrected chi connectivity index (χ0v) is 17.1. The Balaban J connectivity index is 0.00000205. The van der Waals surface area contributed by atoms with Crippen LogP contribution in [0.3, 0.4) is 0 Å². The van der Waals surface area contributed by atoms with E-state index in [-0.39, 0.29) is 24.1 Å². The van der Waals surface area contributed by atoms with Crippen LogP contribution >= 0.6 is 12.4 Å². The van der Waals surface area contributed by atoms with Crippen LogP contribution in [0.25, 0.3) is 27.7 Å². The van der Waals surface area contributed by atoms with Gasteiger partial charge in [0.2, 0.25) is 0 Å². The van der Waals surface area contributed by atoms with Gasteiger partial charge in [0.15, 0.2) is 11.6 Å². The predicted octanol–water partition coefficient (Wildman–Crippen LogP) is 3.98. The molecule has 1 aliphatic rings. The van der Waals surface area contributed by atoms with Crippen molar-refractivity contribution in [2.24, 2.45) is 0 Å². The smallest absolute Gasteiger partial charge is 0.154 e. The van der Waals surface area contributed by atoms with E-state index in [1.165, 1.54) is 6.07 Å². The number of pyridine rings is 1. The van der Waals surface area contributed by atoms with Crippen molar-refractivity contribution in [1.82, 2.24) is 30.1 Å². The summed E-state index contributed by atoms with van der Waals surface area (Å²) in [7, 11) is 0. The van der Waals surface area contributed by atoms with E-state index in [0.29, 0.717) is 16.9 Å². The van der Waals surface area contributed by atoms with Gasteiger partial charge in [0.1, 0.15) is 11.0 Å². The van der Waals surface area contributed by atoms with Crippen molar-refractivity contribution in [3.05, 3.63) is 53.4 Å². The Bertz CT molecular complexity index is 1200. The average Bonchev–Trinajstić information content (AvgIpc) is 3.09. The molecule has 0 bridgehead atoms. The average molecular weight is 413 g/mol. The molecule has 6 nitrogen and oxygen atoms in total. The van der Waals surface area contributed by atoms with Gasteiger partial charge < -0.3 is 5.32 Å². The molecule has 1 saturated heterocycles. The first-order valence-electron chi connectivity index (χ1n) is 9.60. The normalized spacial score (nSPS) is 15.0. The third-order valence-electron chi connectivity index (χ3n) is 5.43. The summed E-state index contributed by atoms with van der Waals surface area (Å²) in [6, 6.07) is 9.43. The van der Waals surface area contributed by atoms with Crippen molar-refractivity contribution < 1.29 is 4.39 Å². The molecule has 0 spiro atoms. The number of nitrogens with zero attached hydrogens (tertiary/aromatic N) is 5. The number of aromatic nitrogens is 5. The van der Waals surface area contributed by atoms with Gasteiger partial charge in [-0.25, -0.2) is 13.9 Å². The Morgan fingerprint density at radius 2 is 1.76 bits per heavy atom. The first-order chi connectivity index (χ1) is 13.6. The number of hydrogen-bond acceptors (Lipinski definition) is 5. The van der Waals surface area contributed by atoms with Gasteiger partial charge in [-0.05, 0) is 81.2 Å². The number of halogens is 2. The van der Waals surface area contributed by atoms with E-state index in [2.05, 4.69) is 25.6 Å². The maximum absolute atomic E-state index is 14.9. The van der Waals surface area contributed by atoms with Gasteiger partial charge in [-0.2, -0.15) is 5.10 Å². The van der Waals surface area contributed by atoms with Crippen LogP contribution in [-0.4, -0.2) is 37.9 Å². The van der Waals surface area contributed by atoms with Gasteiger partial charge in [-0.3, -0.25) is 0 Å². The Kier molecular flexibility index (Phi) is 5.19. The SMILES string of the molecule is Cc1cc2cc(-c3cc(F)c4nc(C5CCNCC5)nnc4c3)cc(C)n2n1.Cl. The fraction of sp³-hybridized carbons (Fsp3) is 0.333. The number of fused-ring (bicyclic) bond motifs is 2. The monoisotopic (exact) mass is 412 g/mol. The summed E-state index contributed by atoms with van der Waals surface area (Å²) in [6.07, 6.45) is 1.91. The highest BCUT2D eigenvalue weighted by molar-refractivity contribution is 5.85. The molecule has 1 N–H and O–H groups in total. The molecule has 0 amide bonds. The van der Waals surface area contributed by atoms with Crippen LogP contribution in [0.15, 0.2) is 30.3 Å². The quantitative estimate of drug-likeness (QED) is 0.539. The molecular formula is C21H22ClFN6. The van der Waals surface area contributed by atoms with Crippen molar-refractivity contribution >= 4 is 29.0 Å². The summed E-state index contributed by atoms with van der Waals surface area (Å²) in [5, 5.41) is 16.4. The predicted molar refractivity (Wildman–Crippen MR) is 113 cm³/mol. The molecule has 4 heterocycles. The fourth-order valence-corrected chi connectivity index (χ4v) is 3.99. The topological polar surface area (TPSA) is 68.0 Å². The van der Waals surface area contributed by atoms with Crippen LogP contribution in [0.4, 0.5) is 4.39 Å². The maximum Gasteiger partial charge on any atom is 0.154 e. The molecule has 1 fully saturated rings. The van der Waals surface area contributed by atoms with Gasteiger partial charge in [0, 0.05) is 11.6 Å². The number of aryl methyl sites for hydroxylation is 2. The van der Waals surface area contributed by atoms with Crippen LogP contribution in [0.5, 0.6) is 0 Å². The van der Waals surface area contributed by atoms with Crippen LogP contribution < -0.4 is 5.32 Å². The Hall–Kier alpha value is -2.64. The maximum atomic E-state index is 14.9. The van der Waals surface area contributed by atoms with Crippen LogP contribution in [-0.2, 0) is 0 Å². The van der Waals surface area contributed by atoms with Crippen LogP contribution in [0, 0.1) is 19.7 Å². The van der Waals surface area contributed by atoms with Gasteiger partial charge in [-0.1, -0.05) is 0 Å². The highest BCUT2D eigenvalue weighted by Crippen LogP contribution is 2.29. The third kappa shape index (κ3) is 3.56. The number of rotatable bonds is 2. The summed E-state index contributed by atoms with van der Waals surface area (Å²) < 4.78 is 16.8. The van der Waals surface area contributed by atoms with E-state index in [1.54, 1.807) is 0 Å². The van der Waals surface area contributed by atoms with E-state index >= 15 is 0 Å². The summed E-state index contributed by atoms with van der Waals surface area (Å²) in [4.78, 5) is 4.51. The molecule has 0 radical (unpaired) electrons. The highest BCUT2D eigenvalue weighted by atomic mass is 35.5. The number of piperidine rings is 1. The van der Waals surface area contributed by atoms with Crippen molar-refractivity contribution in [1.29, 1.82) is 0 Å². The molecule has 3 aromatic heterocycles. The van der Waals surface area contributed by atoms with Crippen molar-refractivity contribution in [2.45, 2.75) is 32.6 Å². The second kappa shape index (κ2) is 7.65. The summed E-state index contributed by atoms with van der Waals surface area (Å²) >= 11 is 0. The van der Waals surface area contributed by atoms with E-state index < -0.39 is 0 Å². The van der Waals surface area contributed by atoms with Gasteiger partial charge >= 0.3 is 0 Å². The molecule has 150 valence electrons. The summed E-state index contributed by atoms with van der Waals surface area (Å²) in [5.74, 6) is 0.528. The second-order valence-electron chi connectivity index (χ2n) is 7.53. The van der Waals surface area contributed by atoms with Gasteiger partial charge in [0.25, 0.3) is 0 Å². The van der Waals surface area contributed by atoms with E-state index in [9.17, 15) is 4.39 Å². The first-order valence-corrected chi connectivity index (χ1v) is 9.60. The molecule has 5 rings (SSSR count). The Morgan fingerprint density at radius 3 is 2.55 bits per heavy atom.